The third-order valence-corrected chi connectivity index (χ3v) is 5.49. The number of ether oxygens (including phenoxy) is 1. The van der Waals surface area contributed by atoms with Crippen molar-refractivity contribution in [2.24, 2.45) is 5.41 Å². The third-order valence-electron chi connectivity index (χ3n) is 4.30. The van der Waals surface area contributed by atoms with Gasteiger partial charge in [0.25, 0.3) is 0 Å². The van der Waals surface area contributed by atoms with Crippen LogP contribution in [-0.4, -0.2) is 43.1 Å². The first-order valence-electron chi connectivity index (χ1n) is 7.42. The van der Waals surface area contributed by atoms with Crippen LogP contribution in [0, 0.1) is 5.41 Å². The number of rotatable bonds is 7. The molecule has 1 saturated carbocycles. The van der Waals surface area contributed by atoms with Crippen LogP contribution in [0.15, 0.2) is 0 Å². The van der Waals surface area contributed by atoms with Crippen LogP contribution in [0.1, 0.15) is 52.4 Å². The highest BCUT2D eigenvalue weighted by atomic mass is 79.9. The molecule has 0 aromatic carbocycles. The van der Waals surface area contributed by atoms with E-state index in [-0.39, 0.29) is 0 Å². The summed E-state index contributed by atoms with van der Waals surface area (Å²) in [5.41, 5.74) is 0.495. The van der Waals surface area contributed by atoms with Crippen molar-refractivity contribution in [1.29, 1.82) is 0 Å². The average molecular weight is 320 g/mol. The minimum atomic E-state index is 0.495. The lowest BCUT2D eigenvalue weighted by molar-refractivity contribution is 0.0858. The second-order valence-corrected chi connectivity index (χ2v) is 6.67. The molecule has 1 fully saturated rings. The quantitative estimate of drug-likeness (QED) is 0.518. The Labute approximate surface area is 122 Å². The lowest BCUT2D eigenvalue weighted by atomic mass is 9.81. The summed E-state index contributed by atoms with van der Waals surface area (Å²) < 4.78 is 5.25. The predicted molar refractivity (Wildman–Crippen MR) is 82.5 cm³/mol. The van der Waals surface area contributed by atoms with E-state index in [9.17, 15) is 0 Å². The van der Waals surface area contributed by atoms with Crippen LogP contribution in [0.4, 0.5) is 0 Å². The molecular weight excluding hydrogens is 290 g/mol. The van der Waals surface area contributed by atoms with Crippen LogP contribution >= 0.6 is 15.9 Å². The highest BCUT2D eigenvalue weighted by Gasteiger charge is 2.32. The molecule has 3 heteroatoms. The van der Waals surface area contributed by atoms with Gasteiger partial charge in [0.05, 0.1) is 6.61 Å². The number of hydrogen-bond acceptors (Lipinski definition) is 2. The second kappa shape index (κ2) is 8.55. The SMILES string of the molecule is COCCN(CC1(CBr)CCCCCC1)C(C)C. The van der Waals surface area contributed by atoms with E-state index in [4.69, 9.17) is 4.74 Å². The van der Waals surface area contributed by atoms with E-state index in [1.54, 1.807) is 7.11 Å². The van der Waals surface area contributed by atoms with E-state index in [2.05, 4.69) is 34.7 Å². The van der Waals surface area contributed by atoms with Crippen LogP contribution in [-0.2, 0) is 4.74 Å². The molecule has 1 aliphatic carbocycles. The molecule has 0 atom stereocenters. The first-order chi connectivity index (χ1) is 8.63. The van der Waals surface area contributed by atoms with E-state index in [0.29, 0.717) is 11.5 Å². The van der Waals surface area contributed by atoms with E-state index in [1.165, 1.54) is 45.1 Å². The summed E-state index contributed by atoms with van der Waals surface area (Å²) >= 11 is 3.79. The Morgan fingerprint density at radius 3 is 2.22 bits per heavy atom. The Kier molecular flexibility index (Phi) is 7.81. The van der Waals surface area contributed by atoms with E-state index >= 15 is 0 Å². The van der Waals surface area contributed by atoms with Gasteiger partial charge < -0.3 is 4.74 Å². The highest BCUT2D eigenvalue weighted by molar-refractivity contribution is 9.09. The van der Waals surface area contributed by atoms with Gasteiger partial charge >= 0.3 is 0 Å². The van der Waals surface area contributed by atoms with E-state index in [0.717, 1.165) is 18.5 Å². The maximum Gasteiger partial charge on any atom is 0.0589 e. The molecule has 0 bridgehead atoms. The number of alkyl halides is 1. The maximum atomic E-state index is 5.25. The molecule has 18 heavy (non-hydrogen) atoms. The van der Waals surface area contributed by atoms with Crippen molar-refractivity contribution in [3.8, 4) is 0 Å². The third kappa shape index (κ3) is 5.18. The fraction of sp³-hybridized carbons (Fsp3) is 1.00. The molecule has 0 aromatic heterocycles. The largest absolute Gasteiger partial charge is 0.383 e. The molecule has 0 saturated heterocycles. The summed E-state index contributed by atoms with van der Waals surface area (Å²) in [5.74, 6) is 0. The van der Waals surface area contributed by atoms with Gasteiger partial charge in [0.2, 0.25) is 0 Å². The Balaban J connectivity index is 2.61. The lowest BCUT2D eigenvalue weighted by Crippen LogP contribution is -2.43. The molecule has 0 amide bonds. The van der Waals surface area contributed by atoms with Crippen molar-refractivity contribution in [3.05, 3.63) is 0 Å². The van der Waals surface area contributed by atoms with Crippen molar-refractivity contribution in [2.75, 3.05) is 32.1 Å². The standard InChI is InChI=1S/C15H30BrNO/c1-14(2)17(10-11-18-3)13-15(12-16)8-6-4-5-7-9-15/h14H,4-13H2,1-3H3. The van der Waals surface area contributed by atoms with E-state index < -0.39 is 0 Å². The van der Waals surface area contributed by atoms with Crippen molar-refractivity contribution in [1.82, 2.24) is 4.90 Å². The van der Waals surface area contributed by atoms with Gasteiger partial charge in [-0.05, 0) is 32.1 Å². The minimum Gasteiger partial charge on any atom is -0.383 e. The zero-order valence-electron chi connectivity index (χ0n) is 12.4. The Morgan fingerprint density at radius 2 is 1.78 bits per heavy atom. The van der Waals surface area contributed by atoms with Gasteiger partial charge in [-0.25, -0.2) is 0 Å². The summed E-state index contributed by atoms with van der Waals surface area (Å²) in [6, 6.07) is 0.610. The molecule has 1 rings (SSSR count). The number of nitrogens with zero attached hydrogens (tertiary/aromatic N) is 1. The number of hydrogen-bond donors (Lipinski definition) is 0. The molecule has 2 nitrogen and oxygen atoms in total. The van der Waals surface area contributed by atoms with Crippen LogP contribution in [0.25, 0.3) is 0 Å². The fourth-order valence-corrected chi connectivity index (χ4v) is 3.71. The first-order valence-corrected chi connectivity index (χ1v) is 8.55. The summed E-state index contributed by atoms with van der Waals surface area (Å²) in [6.07, 6.45) is 8.43. The summed E-state index contributed by atoms with van der Waals surface area (Å²) in [7, 11) is 1.80. The van der Waals surface area contributed by atoms with Crippen LogP contribution in [0.3, 0.4) is 0 Å². The maximum absolute atomic E-state index is 5.25. The first kappa shape index (κ1) is 16.5. The van der Waals surface area contributed by atoms with Crippen LogP contribution < -0.4 is 0 Å². The topological polar surface area (TPSA) is 12.5 Å². The van der Waals surface area contributed by atoms with Gasteiger partial charge in [0.15, 0.2) is 0 Å². The van der Waals surface area contributed by atoms with Gasteiger partial charge in [-0.15, -0.1) is 0 Å². The van der Waals surface area contributed by atoms with Crippen molar-refractivity contribution in [2.45, 2.75) is 58.4 Å². The molecule has 0 heterocycles. The van der Waals surface area contributed by atoms with Crippen molar-refractivity contribution in [3.63, 3.8) is 0 Å². The van der Waals surface area contributed by atoms with Gasteiger partial charge in [-0.3, -0.25) is 4.90 Å². The molecule has 0 aliphatic heterocycles. The van der Waals surface area contributed by atoms with Gasteiger partial charge in [-0.1, -0.05) is 41.6 Å². The average Bonchev–Trinajstić information content (AvgIpc) is 2.60. The van der Waals surface area contributed by atoms with Crippen LogP contribution in [0.5, 0.6) is 0 Å². The van der Waals surface area contributed by atoms with Crippen molar-refractivity contribution >= 4 is 15.9 Å². The lowest BCUT2D eigenvalue weighted by Gasteiger charge is -2.38. The smallest absolute Gasteiger partial charge is 0.0589 e. The second-order valence-electron chi connectivity index (χ2n) is 6.10. The van der Waals surface area contributed by atoms with Gasteiger partial charge in [-0.2, -0.15) is 0 Å². The zero-order chi connectivity index (χ0) is 13.4. The van der Waals surface area contributed by atoms with Gasteiger partial charge in [0, 0.05) is 31.6 Å². The normalized spacial score (nSPS) is 20.3. The summed E-state index contributed by atoms with van der Waals surface area (Å²) in [4.78, 5) is 2.59. The number of halogens is 1. The molecule has 0 N–H and O–H groups in total. The van der Waals surface area contributed by atoms with Crippen molar-refractivity contribution < 1.29 is 4.74 Å². The molecule has 0 radical (unpaired) electrons. The van der Waals surface area contributed by atoms with E-state index in [1.807, 2.05) is 0 Å². The molecule has 0 unspecified atom stereocenters. The Bertz CT molecular complexity index is 213. The number of methoxy groups -OCH3 is 1. The Morgan fingerprint density at radius 1 is 1.17 bits per heavy atom. The minimum absolute atomic E-state index is 0.495. The fourth-order valence-electron chi connectivity index (χ4n) is 2.97. The highest BCUT2D eigenvalue weighted by Crippen LogP contribution is 2.37. The summed E-state index contributed by atoms with van der Waals surface area (Å²) in [5, 5.41) is 1.15. The summed E-state index contributed by atoms with van der Waals surface area (Å²) in [6.45, 7) is 7.72. The Hall–Kier alpha value is 0.400. The molecule has 108 valence electrons. The van der Waals surface area contributed by atoms with Crippen LogP contribution in [0.2, 0.25) is 0 Å². The molecular formula is C15H30BrNO. The zero-order valence-corrected chi connectivity index (χ0v) is 14.0. The molecule has 0 aromatic rings. The monoisotopic (exact) mass is 319 g/mol. The molecule has 0 spiro atoms. The predicted octanol–water partition coefficient (Wildman–Crippen LogP) is 4.08. The van der Waals surface area contributed by atoms with Gasteiger partial charge in [0.1, 0.15) is 0 Å². The molecule has 1 aliphatic rings.